The predicted molar refractivity (Wildman–Crippen MR) is 60.7 cm³/mol. The molecule has 1 aromatic rings. The van der Waals surface area contributed by atoms with Crippen molar-refractivity contribution in [3.63, 3.8) is 0 Å². The van der Waals surface area contributed by atoms with E-state index in [4.69, 9.17) is 0 Å². The molecule has 0 aromatic carbocycles. The van der Waals surface area contributed by atoms with Gasteiger partial charge in [-0.05, 0) is 41.0 Å². The van der Waals surface area contributed by atoms with Gasteiger partial charge in [-0.3, -0.25) is 4.79 Å². The van der Waals surface area contributed by atoms with Crippen molar-refractivity contribution < 1.29 is 4.79 Å². The molecule has 1 aliphatic heterocycles. The van der Waals surface area contributed by atoms with Crippen LogP contribution in [0.4, 0.5) is 0 Å². The molecule has 1 amide bonds. The fraction of sp³-hybridized carbons (Fsp3) is 0.400. The summed E-state index contributed by atoms with van der Waals surface area (Å²) in [6.45, 7) is 1.83. The smallest absolute Gasteiger partial charge is 0.253 e. The summed E-state index contributed by atoms with van der Waals surface area (Å²) < 4.78 is 0.738. The number of pyridine rings is 1. The van der Waals surface area contributed by atoms with E-state index in [1.807, 2.05) is 0 Å². The first kappa shape index (κ1) is 10.6. The molecule has 15 heavy (non-hydrogen) atoms. The summed E-state index contributed by atoms with van der Waals surface area (Å²) in [5.41, 5.74) is 0.602. The van der Waals surface area contributed by atoms with E-state index in [2.05, 4.69) is 31.5 Å². The van der Waals surface area contributed by atoms with Gasteiger partial charge < -0.3 is 10.6 Å². The van der Waals surface area contributed by atoms with E-state index in [-0.39, 0.29) is 11.9 Å². The molecule has 5 heteroatoms. The van der Waals surface area contributed by atoms with Crippen LogP contribution in [0.5, 0.6) is 0 Å². The molecule has 0 radical (unpaired) electrons. The average molecular weight is 270 g/mol. The Morgan fingerprint density at radius 2 is 2.47 bits per heavy atom. The van der Waals surface area contributed by atoms with E-state index in [0.717, 1.165) is 24.1 Å². The van der Waals surface area contributed by atoms with Gasteiger partial charge in [0, 0.05) is 18.8 Å². The first-order chi connectivity index (χ1) is 7.25. The third-order valence-electron chi connectivity index (χ3n) is 2.39. The summed E-state index contributed by atoms with van der Waals surface area (Å²) in [6, 6.07) is 3.78. The second-order valence-corrected chi connectivity index (χ2v) is 4.35. The van der Waals surface area contributed by atoms with Gasteiger partial charge in [0.05, 0.1) is 5.56 Å². The molecule has 4 nitrogen and oxygen atoms in total. The molecular formula is C10H12BrN3O. The van der Waals surface area contributed by atoms with Crippen LogP contribution in [-0.2, 0) is 0 Å². The Kier molecular flexibility index (Phi) is 3.33. The van der Waals surface area contributed by atoms with Crippen LogP contribution >= 0.6 is 15.9 Å². The lowest BCUT2D eigenvalue weighted by atomic mass is 10.2. The topological polar surface area (TPSA) is 54.0 Å². The molecule has 0 aliphatic carbocycles. The minimum absolute atomic E-state index is 0.0521. The Bertz CT molecular complexity index is 346. The maximum atomic E-state index is 11.7. The van der Waals surface area contributed by atoms with Gasteiger partial charge in [-0.15, -0.1) is 0 Å². The highest BCUT2D eigenvalue weighted by Crippen LogP contribution is 2.07. The van der Waals surface area contributed by atoms with Gasteiger partial charge >= 0.3 is 0 Å². The molecule has 1 aliphatic rings. The molecular weight excluding hydrogens is 258 g/mol. The summed E-state index contributed by atoms with van der Waals surface area (Å²) in [4.78, 5) is 15.7. The lowest BCUT2D eigenvalue weighted by molar-refractivity contribution is 0.0939. The second-order valence-electron chi connectivity index (χ2n) is 3.53. The lowest BCUT2D eigenvalue weighted by Gasteiger charge is -2.10. The van der Waals surface area contributed by atoms with E-state index in [0.29, 0.717) is 5.56 Å². The number of hydrogen-bond acceptors (Lipinski definition) is 3. The number of carbonyl (C=O) groups excluding carboxylic acids is 1. The normalized spacial score (nSPS) is 20.2. The van der Waals surface area contributed by atoms with Crippen molar-refractivity contribution >= 4 is 21.8 Å². The standard InChI is InChI=1S/C10H12BrN3O/c11-9-2-1-7(5-13-9)10(15)14-8-3-4-12-6-8/h1-2,5,8,12H,3-4,6H2,(H,14,15). The van der Waals surface area contributed by atoms with Crippen LogP contribution in [0.15, 0.2) is 22.9 Å². The van der Waals surface area contributed by atoms with Crippen molar-refractivity contribution in [1.29, 1.82) is 0 Å². The maximum Gasteiger partial charge on any atom is 0.253 e. The molecule has 2 heterocycles. The first-order valence-electron chi connectivity index (χ1n) is 4.89. The Morgan fingerprint density at radius 3 is 3.07 bits per heavy atom. The number of nitrogens with one attached hydrogen (secondary N) is 2. The van der Waals surface area contributed by atoms with Crippen LogP contribution in [-0.4, -0.2) is 30.0 Å². The fourth-order valence-corrected chi connectivity index (χ4v) is 1.79. The third kappa shape index (κ3) is 2.76. The van der Waals surface area contributed by atoms with Crippen molar-refractivity contribution in [2.75, 3.05) is 13.1 Å². The lowest BCUT2D eigenvalue weighted by Crippen LogP contribution is -2.36. The van der Waals surface area contributed by atoms with E-state index >= 15 is 0 Å². The van der Waals surface area contributed by atoms with Crippen molar-refractivity contribution in [1.82, 2.24) is 15.6 Å². The summed E-state index contributed by atoms with van der Waals surface area (Å²) in [5.74, 6) is -0.0521. The molecule has 0 bridgehead atoms. The van der Waals surface area contributed by atoms with Crippen LogP contribution < -0.4 is 10.6 Å². The summed E-state index contributed by atoms with van der Waals surface area (Å²) >= 11 is 3.23. The van der Waals surface area contributed by atoms with Crippen molar-refractivity contribution in [3.8, 4) is 0 Å². The largest absolute Gasteiger partial charge is 0.348 e. The number of halogens is 1. The van der Waals surface area contributed by atoms with Crippen LogP contribution in [0, 0.1) is 0 Å². The quantitative estimate of drug-likeness (QED) is 0.786. The van der Waals surface area contributed by atoms with Crippen LogP contribution in [0.3, 0.4) is 0 Å². The molecule has 0 saturated carbocycles. The fourth-order valence-electron chi connectivity index (χ4n) is 1.56. The molecule has 1 saturated heterocycles. The highest BCUT2D eigenvalue weighted by atomic mass is 79.9. The summed E-state index contributed by atoms with van der Waals surface area (Å²) in [7, 11) is 0. The molecule has 2 rings (SSSR count). The summed E-state index contributed by atoms with van der Waals surface area (Å²) in [6.07, 6.45) is 2.57. The first-order valence-corrected chi connectivity index (χ1v) is 5.68. The van der Waals surface area contributed by atoms with Crippen LogP contribution in [0.1, 0.15) is 16.8 Å². The average Bonchev–Trinajstić information content (AvgIpc) is 2.71. The Morgan fingerprint density at radius 1 is 1.60 bits per heavy atom. The van der Waals surface area contributed by atoms with E-state index in [1.54, 1.807) is 18.3 Å². The van der Waals surface area contributed by atoms with Crippen LogP contribution in [0.2, 0.25) is 0 Å². The third-order valence-corrected chi connectivity index (χ3v) is 2.85. The zero-order chi connectivity index (χ0) is 10.7. The minimum Gasteiger partial charge on any atom is -0.348 e. The van der Waals surface area contributed by atoms with E-state index in [9.17, 15) is 4.79 Å². The molecule has 2 N–H and O–H groups in total. The van der Waals surface area contributed by atoms with E-state index in [1.165, 1.54) is 0 Å². The highest BCUT2D eigenvalue weighted by Gasteiger charge is 2.17. The molecule has 0 spiro atoms. The van der Waals surface area contributed by atoms with Crippen molar-refractivity contribution in [3.05, 3.63) is 28.5 Å². The predicted octanol–water partition coefficient (Wildman–Crippen LogP) is 0.936. The van der Waals surface area contributed by atoms with E-state index < -0.39 is 0 Å². The monoisotopic (exact) mass is 269 g/mol. The molecule has 1 aromatic heterocycles. The Balaban J connectivity index is 1.98. The number of rotatable bonds is 2. The highest BCUT2D eigenvalue weighted by molar-refractivity contribution is 9.10. The summed E-state index contributed by atoms with van der Waals surface area (Å²) in [5, 5.41) is 6.16. The molecule has 80 valence electrons. The Labute approximate surface area is 96.6 Å². The second kappa shape index (κ2) is 4.72. The number of hydrogen-bond donors (Lipinski definition) is 2. The number of amides is 1. The SMILES string of the molecule is O=C(NC1CCNC1)c1ccc(Br)nc1. The van der Waals surface area contributed by atoms with Gasteiger partial charge in [0.1, 0.15) is 4.60 Å². The van der Waals surface area contributed by atoms with Gasteiger partial charge in [0.2, 0.25) is 0 Å². The van der Waals surface area contributed by atoms with Gasteiger partial charge in [0.25, 0.3) is 5.91 Å². The molecule has 1 atom stereocenters. The van der Waals surface area contributed by atoms with Crippen LogP contribution in [0.25, 0.3) is 0 Å². The number of nitrogens with zero attached hydrogens (tertiary/aromatic N) is 1. The zero-order valence-electron chi connectivity index (χ0n) is 8.16. The molecule has 1 fully saturated rings. The van der Waals surface area contributed by atoms with Gasteiger partial charge in [-0.2, -0.15) is 0 Å². The zero-order valence-corrected chi connectivity index (χ0v) is 9.75. The van der Waals surface area contributed by atoms with Gasteiger partial charge in [0.15, 0.2) is 0 Å². The van der Waals surface area contributed by atoms with Gasteiger partial charge in [-0.1, -0.05) is 0 Å². The van der Waals surface area contributed by atoms with Crippen molar-refractivity contribution in [2.24, 2.45) is 0 Å². The van der Waals surface area contributed by atoms with Gasteiger partial charge in [-0.25, -0.2) is 4.98 Å². The Hall–Kier alpha value is -0.940. The van der Waals surface area contributed by atoms with Crippen molar-refractivity contribution in [2.45, 2.75) is 12.5 Å². The number of aromatic nitrogens is 1. The molecule has 1 unspecified atom stereocenters. The number of carbonyl (C=O) groups is 1. The maximum absolute atomic E-state index is 11.7. The minimum atomic E-state index is -0.0521.